The summed E-state index contributed by atoms with van der Waals surface area (Å²) >= 11 is 0. The maximum absolute atomic E-state index is 12.5. The van der Waals surface area contributed by atoms with Crippen molar-refractivity contribution >= 4 is 22.9 Å². The molecule has 0 saturated heterocycles. The number of fused-ring (bicyclic) bond motifs is 1. The fourth-order valence-corrected chi connectivity index (χ4v) is 2.42. The molecular weight excluding hydrogens is 308 g/mol. The molecule has 1 aromatic carbocycles. The number of methoxy groups -OCH3 is 1. The maximum atomic E-state index is 12.5. The van der Waals surface area contributed by atoms with Crippen LogP contribution in [0.2, 0.25) is 0 Å². The molecule has 0 saturated carbocycles. The van der Waals surface area contributed by atoms with Gasteiger partial charge in [-0.25, -0.2) is 4.79 Å². The highest BCUT2D eigenvalue weighted by Gasteiger charge is 2.23. The lowest BCUT2D eigenvalue weighted by Gasteiger charge is -2.19. The molecule has 2 rings (SSSR count). The van der Waals surface area contributed by atoms with Gasteiger partial charge in [0, 0.05) is 25.7 Å². The largest absolute Gasteiger partial charge is 0.496 e. The molecule has 1 heterocycles. The first-order valence-electron chi connectivity index (χ1n) is 7.74. The zero-order valence-corrected chi connectivity index (χ0v) is 15.0. The van der Waals surface area contributed by atoms with Crippen LogP contribution in [-0.2, 0) is 16.0 Å². The molecule has 2 aromatic rings. The Hall–Kier alpha value is -2.50. The van der Waals surface area contributed by atoms with Crippen molar-refractivity contribution in [3.8, 4) is 5.75 Å². The van der Waals surface area contributed by atoms with Gasteiger partial charge in [0.25, 0.3) is 0 Å². The van der Waals surface area contributed by atoms with E-state index in [0.717, 1.165) is 10.9 Å². The fourth-order valence-electron chi connectivity index (χ4n) is 2.42. The minimum absolute atomic E-state index is 0.0517. The summed E-state index contributed by atoms with van der Waals surface area (Å²) in [5, 5.41) is 0.751. The van der Waals surface area contributed by atoms with Crippen molar-refractivity contribution in [2.75, 3.05) is 21.2 Å². The van der Waals surface area contributed by atoms with Crippen LogP contribution in [0.3, 0.4) is 0 Å². The van der Waals surface area contributed by atoms with Gasteiger partial charge in [0.2, 0.25) is 5.91 Å². The molecule has 0 N–H and O–H groups in total. The summed E-state index contributed by atoms with van der Waals surface area (Å²) in [6.45, 7) is 5.44. The quantitative estimate of drug-likeness (QED) is 0.867. The summed E-state index contributed by atoms with van der Waals surface area (Å²) in [7, 11) is 4.97. The van der Waals surface area contributed by atoms with Crippen molar-refractivity contribution in [2.45, 2.75) is 32.8 Å². The molecule has 0 aliphatic rings. The van der Waals surface area contributed by atoms with E-state index in [4.69, 9.17) is 9.47 Å². The SMILES string of the molecule is COc1cccc2c1c(CC(=O)N(C)C)cn2C(=O)OC(C)(C)C. The monoisotopic (exact) mass is 332 g/mol. The van der Waals surface area contributed by atoms with Gasteiger partial charge in [-0.2, -0.15) is 0 Å². The van der Waals surface area contributed by atoms with Gasteiger partial charge in [-0.1, -0.05) is 6.07 Å². The van der Waals surface area contributed by atoms with Crippen LogP contribution in [-0.4, -0.2) is 48.3 Å². The minimum atomic E-state index is -0.605. The highest BCUT2D eigenvalue weighted by molar-refractivity contribution is 5.98. The predicted octanol–water partition coefficient (Wildman–Crippen LogP) is 3.06. The van der Waals surface area contributed by atoms with Crippen molar-refractivity contribution in [1.82, 2.24) is 9.47 Å². The van der Waals surface area contributed by atoms with Gasteiger partial charge in [-0.15, -0.1) is 0 Å². The number of ether oxygens (including phenoxy) is 2. The average Bonchev–Trinajstić information content (AvgIpc) is 2.84. The Morgan fingerprint density at radius 2 is 1.88 bits per heavy atom. The number of hydrogen-bond acceptors (Lipinski definition) is 4. The number of nitrogens with zero attached hydrogens (tertiary/aromatic N) is 2. The standard InChI is InChI=1S/C18H24N2O4/c1-18(2,3)24-17(22)20-11-12(10-15(21)19(4)5)16-13(20)8-7-9-14(16)23-6/h7-9,11H,10H2,1-6H3. The second-order valence-electron chi connectivity index (χ2n) is 6.82. The van der Waals surface area contributed by atoms with Gasteiger partial charge < -0.3 is 14.4 Å². The Morgan fingerprint density at radius 1 is 1.21 bits per heavy atom. The second kappa shape index (κ2) is 6.55. The van der Waals surface area contributed by atoms with Crippen LogP contribution in [0.5, 0.6) is 5.75 Å². The van der Waals surface area contributed by atoms with Crippen molar-refractivity contribution < 1.29 is 19.1 Å². The minimum Gasteiger partial charge on any atom is -0.496 e. The van der Waals surface area contributed by atoms with Gasteiger partial charge in [0.05, 0.1) is 19.0 Å². The highest BCUT2D eigenvalue weighted by atomic mass is 16.6. The molecule has 0 unspecified atom stereocenters. The summed E-state index contributed by atoms with van der Waals surface area (Å²) in [5.74, 6) is 0.570. The zero-order chi connectivity index (χ0) is 18.1. The normalized spacial score (nSPS) is 11.4. The van der Waals surface area contributed by atoms with E-state index in [9.17, 15) is 9.59 Å². The molecule has 6 heteroatoms. The van der Waals surface area contributed by atoms with E-state index in [1.54, 1.807) is 33.5 Å². The smallest absolute Gasteiger partial charge is 0.419 e. The fraction of sp³-hybridized carbons (Fsp3) is 0.444. The van der Waals surface area contributed by atoms with Crippen molar-refractivity contribution in [1.29, 1.82) is 0 Å². The van der Waals surface area contributed by atoms with Crippen molar-refractivity contribution in [2.24, 2.45) is 0 Å². The molecule has 0 radical (unpaired) electrons. The number of benzene rings is 1. The molecule has 0 bridgehead atoms. The Kier molecular flexibility index (Phi) is 4.87. The third-order valence-corrected chi connectivity index (χ3v) is 3.52. The number of aromatic nitrogens is 1. The van der Waals surface area contributed by atoms with E-state index >= 15 is 0 Å². The first-order chi connectivity index (χ1) is 11.1. The predicted molar refractivity (Wildman–Crippen MR) is 92.5 cm³/mol. The molecule has 0 fully saturated rings. The first kappa shape index (κ1) is 17.8. The summed E-state index contributed by atoms with van der Waals surface area (Å²) in [5.41, 5.74) is 0.781. The molecule has 0 atom stereocenters. The number of carbonyl (C=O) groups is 2. The lowest BCUT2D eigenvalue weighted by molar-refractivity contribution is -0.127. The van der Waals surface area contributed by atoms with E-state index in [-0.39, 0.29) is 12.3 Å². The lowest BCUT2D eigenvalue weighted by atomic mass is 10.1. The maximum Gasteiger partial charge on any atom is 0.419 e. The van der Waals surface area contributed by atoms with Gasteiger partial charge in [-0.3, -0.25) is 9.36 Å². The van der Waals surface area contributed by atoms with Crippen molar-refractivity contribution in [3.05, 3.63) is 30.0 Å². The molecule has 24 heavy (non-hydrogen) atoms. The van der Waals surface area contributed by atoms with Gasteiger partial charge in [0.15, 0.2) is 0 Å². The Balaban J connectivity index is 2.57. The van der Waals surface area contributed by atoms with Crippen LogP contribution in [0.1, 0.15) is 26.3 Å². The topological polar surface area (TPSA) is 60.8 Å². The van der Waals surface area contributed by atoms with E-state index < -0.39 is 11.7 Å². The molecule has 1 amide bonds. The lowest BCUT2D eigenvalue weighted by Crippen LogP contribution is -2.26. The summed E-state index contributed by atoms with van der Waals surface area (Å²) in [6, 6.07) is 5.43. The number of carbonyl (C=O) groups excluding carboxylic acids is 2. The summed E-state index contributed by atoms with van der Waals surface area (Å²) in [6.07, 6.45) is 1.35. The van der Waals surface area contributed by atoms with Gasteiger partial charge >= 0.3 is 6.09 Å². The first-order valence-corrected chi connectivity index (χ1v) is 7.74. The van der Waals surface area contributed by atoms with E-state index in [0.29, 0.717) is 11.3 Å². The van der Waals surface area contributed by atoms with Crippen LogP contribution in [0.4, 0.5) is 4.79 Å². The van der Waals surface area contributed by atoms with Crippen molar-refractivity contribution in [3.63, 3.8) is 0 Å². The third-order valence-electron chi connectivity index (χ3n) is 3.52. The molecule has 0 aliphatic carbocycles. The number of amides is 1. The van der Waals surface area contributed by atoms with Crippen LogP contribution in [0, 0.1) is 0 Å². The zero-order valence-electron chi connectivity index (χ0n) is 15.0. The second-order valence-corrected chi connectivity index (χ2v) is 6.82. The molecule has 0 spiro atoms. The number of rotatable bonds is 3. The Labute approximate surface area is 141 Å². The van der Waals surface area contributed by atoms with Crippen LogP contribution < -0.4 is 4.74 Å². The van der Waals surface area contributed by atoms with Gasteiger partial charge in [-0.05, 0) is 38.5 Å². The third kappa shape index (κ3) is 3.69. The van der Waals surface area contributed by atoms with Crippen LogP contribution in [0.15, 0.2) is 24.4 Å². The van der Waals surface area contributed by atoms with Crippen LogP contribution >= 0.6 is 0 Å². The molecule has 0 aliphatic heterocycles. The molecule has 6 nitrogen and oxygen atoms in total. The van der Waals surface area contributed by atoms with E-state index in [1.807, 2.05) is 32.9 Å². The average molecular weight is 332 g/mol. The molecular formula is C18H24N2O4. The Morgan fingerprint density at radius 3 is 2.42 bits per heavy atom. The Bertz CT molecular complexity index is 769. The molecule has 1 aromatic heterocycles. The summed E-state index contributed by atoms with van der Waals surface area (Å²) < 4.78 is 12.3. The molecule has 130 valence electrons. The number of likely N-dealkylation sites (N-methyl/N-ethyl adjacent to an activating group) is 1. The number of hydrogen-bond donors (Lipinski definition) is 0. The van der Waals surface area contributed by atoms with Gasteiger partial charge in [0.1, 0.15) is 11.4 Å². The summed E-state index contributed by atoms with van der Waals surface area (Å²) in [4.78, 5) is 26.2. The highest BCUT2D eigenvalue weighted by Crippen LogP contribution is 2.31. The van der Waals surface area contributed by atoms with E-state index in [2.05, 4.69) is 0 Å². The van der Waals surface area contributed by atoms with Crippen LogP contribution in [0.25, 0.3) is 10.9 Å². The van der Waals surface area contributed by atoms with E-state index in [1.165, 1.54) is 9.47 Å².